The first-order chi connectivity index (χ1) is 13.2. The van der Waals surface area contributed by atoms with Crippen molar-refractivity contribution >= 4 is 23.0 Å². The van der Waals surface area contributed by atoms with E-state index in [-0.39, 0.29) is 18.3 Å². The number of benzene rings is 2. The number of amides is 1. The molecule has 3 rings (SSSR count). The molecule has 0 atom stereocenters. The average Bonchev–Trinajstić information content (AvgIpc) is 3.20. The van der Waals surface area contributed by atoms with Crippen LogP contribution in [0.25, 0.3) is 0 Å². The van der Waals surface area contributed by atoms with Gasteiger partial charge in [0.25, 0.3) is 5.91 Å². The minimum atomic E-state index is -0.227. The van der Waals surface area contributed by atoms with Gasteiger partial charge in [-0.1, -0.05) is 30.3 Å². The van der Waals surface area contributed by atoms with Crippen molar-refractivity contribution in [1.29, 1.82) is 0 Å². The van der Waals surface area contributed by atoms with E-state index in [1.165, 1.54) is 11.3 Å². The van der Waals surface area contributed by atoms with Crippen LogP contribution in [0.3, 0.4) is 0 Å². The Morgan fingerprint density at radius 3 is 2.33 bits per heavy atom. The minimum Gasteiger partial charge on any atom is -0.497 e. The van der Waals surface area contributed by atoms with Crippen LogP contribution in [0.4, 0.5) is 0 Å². The fraction of sp³-hybridized carbons (Fsp3) is 0.143. The van der Waals surface area contributed by atoms with E-state index in [1.807, 2.05) is 24.3 Å². The predicted molar refractivity (Wildman–Crippen MR) is 105 cm³/mol. The summed E-state index contributed by atoms with van der Waals surface area (Å²) in [5, 5.41) is 2.79. The Bertz CT molecular complexity index is 903. The highest BCUT2D eigenvalue weighted by Gasteiger charge is 2.12. The maximum absolute atomic E-state index is 12.4. The summed E-state index contributed by atoms with van der Waals surface area (Å²) in [4.78, 5) is 25.9. The molecule has 0 spiro atoms. The first-order valence-electron chi connectivity index (χ1n) is 8.38. The Balaban J connectivity index is 1.47. The Hall–Kier alpha value is -3.12. The number of thiophene rings is 1. The van der Waals surface area contributed by atoms with Crippen LogP contribution in [0.15, 0.2) is 66.7 Å². The Morgan fingerprint density at radius 1 is 0.926 bits per heavy atom. The first kappa shape index (κ1) is 18.7. The summed E-state index contributed by atoms with van der Waals surface area (Å²) in [6.45, 7) is 0.283. The van der Waals surface area contributed by atoms with Crippen molar-refractivity contribution in [2.45, 2.75) is 6.54 Å². The zero-order valence-corrected chi connectivity index (χ0v) is 15.6. The molecule has 3 aromatic rings. The van der Waals surface area contributed by atoms with E-state index in [0.29, 0.717) is 22.7 Å². The molecule has 0 aliphatic heterocycles. The lowest BCUT2D eigenvalue weighted by molar-refractivity contribution is -0.123. The highest BCUT2D eigenvalue weighted by molar-refractivity contribution is 7.14. The van der Waals surface area contributed by atoms with E-state index in [2.05, 4.69) is 5.32 Å². The molecule has 1 aromatic heterocycles. The summed E-state index contributed by atoms with van der Waals surface area (Å²) in [5.41, 5.74) is 0.655. The second-order valence-corrected chi connectivity index (χ2v) is 6.87. The quantitative estimate of drug-likeness (QED) is 0.605. The van der Waals surface area contributed by atoms with Gasteiger partial charge in [0.15, 0.2) is 6.61 Å². The SMILES string of the molecule is COc1ccc(OCC(=O)NCc2ccc(C(=O)c3ccccc3)s2)cc1. The van der Waals surface area contributed by atoms with Gasteiger partial charge in [-0.15, -0.1) is 11.3 Å². The third-order valence-electron chi connectivity index (χ3n) is 3.81. The zero-order valence-electron chi connectivity index (χ0n) is 14.8. The molecule has 1 N–H and O–H groups in total. The van der Waals surface area contributed by atoms with Crippen molar-refractivity contribution in [2.24, 2.45) is 0 Å². The normalized spacial score (nSPS) is 10.3. The van der Waals surface area contributed by atoms with E-state index in [1.54, 1.807) is 49.6 Å². The van der Waals surface area contributed by atoms with Crippen molar-refractivity contribution in [3.05, 3.63) is 82.0 Å². The lowest BCUT2D eigenvalue weighted by atomic mass is 10.1. The molecule has 0 saturated carbocycles. The second kappa shape index (κ2) is 9.00. The van der Waals surface area contributed by atoms with Crippen LogP contribution in [-0.4, -0.2) is 25.4 Å². The minimum absolute atomic E-state index is 0.0129. The molecule has 0 radical (unpaired) electrons. The number of methoxy groups -OCH3 is 1. The molecular weight excluding hydrogens is 362 g/mol. The topological polar surface area (TPSA) is 64.6 Å². The van der Waals surface area contributed by atoms with Crippen LogP contribution in [0.1, 0.15) is 20.1 Å². The summed E-state index contributed by atoms with van der Waals surface area (Å²) >= 11 is 1.38. The molecule has 2 aromatic carbocycles. The summed E-state index contributed by atoms with van der Waals surface area (Å²) in [5.74, 6) is 1.08. The van der Waals surface area contributed by atoms with E-state index in [9.17, 15) is 9.59 Å². The molecule has 0 aliphatic rings. The first-order valence-corrected chi connectivity index (χ1v) is 9.19. The molecule has 138 valence electrons. The lowest BCUT2D eigenvalue weighted by Crippen LogP contribution is -2.28. The van der Waals surface area contributed by atoms with Crippen molar-refractivity contribution in [2.75, 3.05) is 13.7 Å². The van der Waals surface area contributed by atoms with Crippen molar-refractivity contribution in [1.82, 2.24) is 5.32 Å². The van der Waals surface area contributed by atoms with Gasteiger partial charge in [-0.3, -0.25) is 9.59 Å². The van der Waals surface area contributed by atoms with E-state index >= 15 is 0 Å². The van der Waals surface area contributed by atoms with Crippen LogP contribution < -0.4 is 14.8 Å². The Labute approximate surface area is 161 Å². The number of carbonyl (C=O) groups is 2. The van der Waals surface area contributed by atoms with Gasteiger partial charge in [-0.05, 0) is 36.4 Å². The van der Waals surface area contributed by atoms with Gasteiger partial charge < -0.3 is 14.8 Å². The monoisotopic (exact) mass is 381 g/mol. The number of ketones is 1. The lowest BCUT2D eigenvalue weighted by Gasteiger charge is -2.07. The predicted octanol–water partition coefficient (Wildman–Crippen LogP) is 3.68. The van der Waals surface area contributed by atoms with E-state index < -0.39 is 0 Å². The number of rotatable bonds is 8. The van der Waals surface area contributed by atoms with E-state index in [4.69, 9.17) is 9.47 Å². The number of ether oxygens (including phenoxy) is 2. The van der Waals surface area contributed by atoms with Crippen LogP contribution in [0, 0.1) is 0 Å². The molecule has 1 amide bonds. The van der Waals surface area contributed by atoms with Gasteiger partial charge in [0.2, 0.25) is 5.78 Å². The third kappa shape index (κ3) is 5.18. The molecule has 5 nitrogen and oxygen atoms in total. The smallest absolute Gasteiger partial charge is 0.258 e. The number of hydrogen-bond donors (Lipinski definition) is 1. The Kier molecular flexibility index (Phi) is 6.22. The van der Waals surface area contributed by atoms with Gasteiger partial charge in [0, 0.05) is 10.4 Å². The second-order valence-electron chi connectivity index (χ2n) is 5.70. The van der Waals surface area contributed by atoms with Crippen molar-refractivity contribution in [3.63, 3.8) is 0 Å². The van der Waals surface area contributed by atoms with Crippen molar-refractivity contribution < 1.29 is 19.1 Å². The fourth-order valence-electron chi connectivity index (χ4n) is 2.38. The van der Waals surface area contributed by atoms with Crippen LogP contribution in [0.5, 0.6) is 11.5 Å². The van der Waals surface area contributed by atoms with E-state index in [0.717, 1.165) is 10.6 Å². The fourth-order valence-corrected chi connectivity index (χ4v) is 3.29. The van der Waals surface area contributed by atoms with Crippen LogP contribution in [-0.2, 0) is 11.3 Å². The molecule has 27 heavy (non-hydrogen) atoms. The van der Waals surface area contributed by atoms with Gasteiger partial charge in [0.05, 0.1) is 18.5 Å². The summed E-state index contributed by atoms with van der Waals surface area (Å²) in [6, 6.07) is 19.8. The molecule has 1 heterocycles. The van der Waals surface area contributed by atoms with Gasteiger partial charge >= 0.3 is 0 Å². The standard InChI is InChI=1S/C21H19NO4S/c1-25-16-7-9-17(10-8-16)26-14-20(23)22-13-18-11-12-19(27-18)21(24)15-5-3-2-4-6-15/h2-12H,13-14H2,1H3,(H,22,23). The third-order valence-corrected chi connectivity index (χ3v) is 4.89. The number of carbonyl (C=O) groups excluding carboxylic acids is 2. The summed E-state index contributed by atoms with van der Waals surface area (Å²) < 4.78 is 10.5. The molecule has 0 saturated heterocycles. The molecule has 0 unspecified atom stereocenters. The summed E-state index contributed by atoms with van der Waals surface area (Å²) in [7, 11) is 1.59. The van der Waals surface area contributed by atoms with Crippen molar-refractivity contribution in [3.8, 4) is 11.5 Å². The average molecular weight is 381 g/mol. The van der Waals surface area contributed by atoms with Gasteiger partial charge in [-0.2, -0.15) is 0 Å². The van der Waals surface area contributed by atoms with Crippen LogP contribution >= 0.6 is 11.3 Å². The zero-order chi connectivity index (χ0) is 19.1. The largest absolute Gasteiger partial charge is 0.497 e. The number of hydrogen-bond acceptors (Lipinski definition) is 5. The molecular formula is C21H19NO4S. The molecule has 6 heteroatoms. The van der Waals surface area contributed by atoms with Gasteiger partial charge in [-0.25, -0.2) is 0 Å². The highest BCUT2D eigenvalue weighted by Crippen LogP contribution is 2.20. The molecule has 0 fully saturated rings. The van der Waals surface area contributed by atoms with Crippen LogP contribution in [0.2, 0.25) is 0 Å². The molecule has 0 bridgehead atoms. The molecule has 0 aliphatic carbocycles. The van der Waals surface area contributed by atoms with Gasteiger partial charge in [0.1, 0.15) is 11.5 Å². The Morgan fingerprint density at radius 2 is 1.63 bits per heavy atom. The summed E-state index contributed by atoms with van der Waals surface area (Å²) in [6.07, 6.45) is 0. The maximum atomic E-state index is 12.4. The highest BCUT2D eigenvalue weighted by atomic mass is 32.1. The maximum Gasteiger partial charge on any atom is 0.258 e. The number of nitrogens with one attached hydrogen (secondary N) is 1.